The van der Waals surface area contributed by atoms with Crippen LogP contribution in [0.3, 0.4) is 0 Å². The van der Waals surface area contributed by atoms with Gasteiger partial charge in [0.2, 0.25) is 0 Å². The van der Waals surface area contributed by atoms with Crippen LogP contribution in [0.2, 0.25) is 0 Å². The predicted octanol–water partition coefficient (Wildman–Crippen LogP) is 5.30. The van der Waals surface area contributed by atoms with Crippen LogP contribution in [0.15, 0.2) is 58.4 Å². The number of amides is 1. The van der Waals surface area contributed by atoms with E-state index in [4.69, 9.17) is 4.98 Å². The summed E-state index contributed by atoms with van der Waals surface area (Å²) in [7, 11) is 0. The number of hydrogen-bond donors (Lipinski definition) is 1. The molecular weight excluding hydrogens is 410 g/mol. The molecule has 0 unspecified atom stereocenters. The summed E-state index contributed by atoms with van der Waals surface area (Å²) in [6.07, 6.45) is 1.92. The Balaban J connectivity index is 1.54. The fourth-order valence-electron chi connectivity index (χ4n) is 3.38. The Kier molecular flexibility index (Phi) is 3.83. The first kappa shape index (κ1) is 16.0. The maximum atomic E-state index is 13.1. The molecule has 1 aliphatic carbocycles. The number of nitrogens with zero attached hydrogens (tertiary/aromatic N) is 2. The molecule has 2 aliphatic rings. The first-order chi connectivity index (χ1) is 12.7. The first-order valence-corrected chi connectivity index (χ1v) is 10.3. The van der Waals surface area contributed by atoms with Crippen LogP contribution in [0.25, 0.3) is 10.6 Å². The van der Waals surface area contributed by atoms with Crippen LogP contribution in [0, 0.1) is 0 Å². The molecule has 1 aliphatic heterocycles. The number of para-hydroxylation sites is 1. The van der Waals surface area contributed by atoms with Gasteiger partial charge in [-0.15, -0.1) is 11.3 Å². The Labute approximate surface area is 164 Å². The van der Waals surface area contributed by atoms with Crippen LogP contribution in [0.4, 0.5) is 5.69 Å². The molecule has 4 nitrogen and oxygen atoms in total. The lowest BCUT2D eigenvalue weighted by atomic mass is 10.1. The molecule has 0 radical (unpaired) electrons. The number of anilines is 1. The van der Waals surface area contributed by atoms with E-state index in [1.54, 1.807) is 11.3 Å². The van der Waals surface area contributed by atoms with E-state index in [0.29, 0.717) is 6.04 Å². The van der Waals surface area contributed by atoms with Gasteiger partial charge < -0.3 is 10.2 Å². The molecule has 0 bridgehead atoms. The number of carbonyl (C=O) groups excluding carboxylic acids is 1. The monoisotopic (exact) mass is 425 g/mol. The van der Waals surface area contributed by atoms with Crippen molar-refractivity contribution in [2.24, 2.45) is 0 Å². The number of fused-ring (bicyclic) bond motifs is 1. The van der Waals surface area contributed by atoms with Gasteiger partial charge in [-0.3, -0.25) is 4.79 Å². The predicted molar refractivity (Wildman–Crippen MR) is 107 cm³/mol. The van der Waals surface area contributed by atoms with Gasteiger partial charge in [-0.05, 0) is 37.1 Å². The molecule has 1 saturated carbocycles. The number of halogens is 1. The van der Waals surface area contributed by atoms with Crippen LogP contribution in [-0.4, -0.2) is 21.8 Å². The number of hydrogen-bond acceptors (Lipinski definition) is 4. The fourth-order valence-corrected chi connectivity index (χ4v) is 4.61. The Morgan fingerprint density at radius 3 is 2.81 bits per heavy atom. The molecule has 2 heterocycles. The van der Waals surface area contributed by atoms with Gasteiger partial charge in [0.1, 0.15) is 11.2 Å². The number of nitrogens with one attached hydrogen (secondary N) is 1. The molecule has 0 spiro atoms. The minimum Gasteiger partial charge on any atom is -0.359 e. The van der Waals surface area contributed by atoms with Crippen molar-refractivity contribution in [3.05, 3.63) is 69.6 Å². The van der Waals surface area contributed by atoms with Crippen molar-refractivity contribution >= 4 is 38.9 Å². The molecule has 0 saturated heterocycles. The molecule has 1 amide bonds. The molecule has 6 heteroatoms. The number of carbonyl (C=O) groups is 1. The van der Waals surface area contributed by atoms with Gasteiger partial charge >= 0.3 is 0 Å². The highest BCUT2D eigenvalue weighted by molar-refractivity contribution is 9.10. The third kappa shape index (κ3) is 2.73. The Bertz CT molecular complexity index is 998. The number of thiazole rings is 1. The molecule has 2 aromatic carbocycles. The lowest BCUT2D eigenvalue weighted by molar-refractivity contribution is 0.0663. The van der Waals surface area contributed by atoms with Crippen LogP contribution in [0.1, 0.15) is 35.1 Å². The van der Waals surface area contributed by atoms with Crippen molar-refractivity contribution in [1.29, 1.82) is 0 Å². The summed E-state index contributed by atoms with van der Waals surface area (Å²) in [6, 6.07) is 16.2. The highest BCUT2D eigenvalue weighted by Crippen LogP contribution is 2.41. The van der Waals surface area contributed by atoms with Gasteiger partial charge in [0.15, 0.2) is 0 Å². The minimum atomic E-state index is -0.206. The second-order valence-corrected chi connectivity index (χ2v) is 8.40. The minimum absolute atomic E-state index is 0.101. The third-order valence-electron chi connectivity index (χ3n) is 4.78. The van der Waals surface area contributed by atoms with Gasteiger partial charge in [-0.1, -0.05) is 40.2 Å². The van der Waals surface area contributed by atoms with E-state index in [0.717, 1.165) is 44.8 Å². The van der Waals surface area contributed by atoms with Crippen LogP contribution in [-0.2, 0) is 0 Å². The van der Waals surface area contributed by atoms with Gasteiger partial charge in [-0.2, -0.15) is 0 Å². The topological polar surface area (TPSA) is 45.2 Å². The molecule has 130 valence electrons. The summed E-state index contributed by atoms with van der Waals surface area (Å²) in [5.41, 5.74) is 3.62. The molecule has 5 rings (SSSR count). The summed E-state index contributed by atoms with van der Waals surface area (Å²) in [5.74, 6) is 0.101. The summed E-state index contributed by atoms with van der Waals surface area (Å²) in [5, 5.41) is 6.55. The average Bonchev–Trinajstić information content (AvgIpc) is 3.37. The number of benzene rings is 2. The standard InChI is InChI=1S/C20H16BrN3OS/c21-13-5-3-4-12(10-13)19-23-17(11-26-19)18-22-16-7-2-1-6-15(16)20(25)24(18)14-8-9-14/h1-7,10-11,14,18,22H,8-9H2/t18-/m1/s1. The normalized spacial score (nSPS) is 19.2. The van der Waals surface area contributed by atoms with E-state index in [9.17, 15) is 4.79 Å². The average molecular weight is 426 g/mol. The van der Waals surface area contributed by atoms with Crippen molar-refractivity contribution in [1.82, 2.24) is 9.88 Å². The molecule has 1 aromatic heterocycles. The Morgan fingerprint density at radius 1 is 1.15 bits per heavy atom. The Morgan fingerprint density at radius 2 is 2.00 bits per heavy atom. The molecule has 1 fully saturated rings. The zero-order valence-electron chi connectivity index (χ0n) is 13.9. The second kappa shape index (κ2) is 6.21. The maximum absolute atomic E-state index is 13.1. The van der Waals surface area contributed by atoms with E-state index in [1.807, 2.05) is 41.3 Å². The van der Waals surface area contributed by atoms with Gasteiger partial charge in [-0.25, -0.2) is 4.98 Å². The first-order valence-electron chi connectivity index (χ1n) is 8.60. The van der Waals surface area contributed by atoms with Crippen molar-refractivity contribution in [3.63, 3.8) is 0 Å². The molecule has 3 aromatic rings. The van der Waals surface area contributed by atoms with Crippen LogP contribution < -0.4 is 5.32 Å². The smallest absolute Gasteiger partial charge is 0.258 e. The molecule has 1 atom stereocenters. The summed E-state index contributed by atoms with van der Waals surface area (Å²) >= 11 is 5.13. The van der Waals surface area contributed by atoms with Crippen molar-refractivity contribution < 1.29 is 4.79 Å². The van der Waals surface area contributed by atoms with Gasteiger partial charge in [0, 0.05) is 27.1 Å². The van der Waals surface area contributed by atoms with E-state index in [2.05, 4.69) is 38.8 Å². The van der Waals surface area contributed by atoms with E-state index < -0.39 is 0 Å². The summed E-state index contributed by atoms with van der Waals surface area (Å²) in [4.78, 5) is 19.9. The van der Waals surface area contributed by atoms with Crippen LogP contribution in [0.5, 0.6) is 0 Å². The highest BCUT2D eigenvalue weighted by atomic mass is 79.9. The van der Waals surface area contributed by atoms with Crippen molar-refractivity contribution in [2.75, 3.05) is 5.32 Å². The number of rotatable bonds is 3. The van der Waals surface area contributed by atoms with Crippen LogP contribution >= 0.6 is 27.3 Å². The zero-order chi connectivity index (χ0) is 17.7. The van der Waals surface area contributed by atoms with Gasteiger partial charge in [0.05, 0.1) is 11.3 Å². The van der Waals surface area contributed by atoms with Crippen molar-refractivity contribution in [3.8, 4) is 10.6 Å². The highest BCUT2D eigenvalue weighted by Gasteiger charge is 2.42. The number of aromatic nitrogens is 1. The van der Waals surface area contributed by atoms with E-state index >= 15 is 0 Å². The summed E-state index contributed by atoms with van der Waals surface area (Å²) in [6.45, 7) is 0. The maximum Gasteiger partial charge on any atom is 0.258 e. The quantitative estimate of drug-likeness (QED) is 0.618. The SMILES string of the molecule is O=C1c2ccccc2N[C@@H](c2csc(-c3cccc(Br)c3)n2)N1C1CC1. The van der Waals surface area contributed by atoms with Crippen molar-refractivity contribution in [2.45, 2.75) is 25.0 Å². The molecular formula is C20H16BrN3OS. The lowest BCUT2D eigenvalue weighted by Gasteiger charge is -2.37. The lowest BCUT2D eigenvalue weighted by Crippen LogP contribution is -2.44. The summed E-state index contributed by atoms with van der Waals surface area (Å²) < 4.78 is 1.03. The molecule has 26 heavy (non-hydrogen) atoms. The second-order valence-electron chi connectivity index (χ2n) is 6.62. The molecule has 1 N–H and O–H groups in total. The largest absolute Gasteiger partial charge is 0.359 e. The zero-order valence-corrected chi connectivity index (χ0v) is 16.3. The fraction of sp³-hybridized carbons (Fsp3) is 0.200. The Hall–Kier alpha value is -2.18. The van der Waals surface area contributed by atoms with E-state index in [-0.39, 0.29) is 12.1 Å². The third-order valence-corrected chi connectivity index (χ3v) is 6.18. The van der Waals surface area contributed by atoms with E-state index in [1.165, 1.54) is 0 Å². The van der Waals surface area contributed by atoms with Gasteiger partial charge in [0.25, 0.3) is 5.91 Å².